The zero-order chi connectivity index (χ0) is 11.5. The molecule has 3 nitrogen and oxygen atoms in total. The molecule has 1 aliphatic heterocycles. The van der Waals surface area contributed by atoms with Crippen LogP contribution in [0.25, 0.3) is 0 Å². The summed E-state index contributed by atoms with van der Waals surface area (Å²) in [6, 6.07) is 4.68. The minimum Gasteiger partial charge on any atom is -0.363 e. The number of thiophene rings is 1. The number of carbonyl (C=O) groups excluding carboxylic acids is 1. The third kappa shape index (κ3) is 2.44. The highest BCUT2D eigenvalue weighted by Crippen LogP contribution is 2.28. The van der Waals surface area contributed by atoms with E-state index >= 15 is 0 Å². The molecule has 1 fully saturated rings. The molecule has 0 spiro atoms. The minimum atomic E-state index is 0.710. The van der Waals surface area contributed by atoms with Crippen molar-refractivity contribution in [2.45, 2.75) is 18.9 Å². The largest absolute Gasteiger partial charge is 0.363 e. The van der Waals surface area contributed by atoms with Gasteiger partial charge < -0.3 is 9.80 Å². The van der Waals surface area contributed by atoms with E-state index in [2.05, 4.69) is 30.0 Å². The maximum Gasteiger partial charge on any atom is 0.160 e. The number of aldehydes is 1. The van der Waals surface area contributed by atoms with Gasteiger partial charge in [0.2, 0.25) is 0 Å². The highest BCUT2D eigenvalue weighted by Gasteiger charge is 2.21. The molecule has 0 unspecified atom stereocenters. The molecule has 2 heterocycles. The average Bonchev–Trinajstić information content (AvgIpc) is 2.77. The van der Waals surface area contributed by atoms with E-state index in [1.807, 2.05) is 6.07 Å². The summed E-state index contributed by atoms with van der Waals surface area (Å²) in [4.78, 5) is 16.1. The first kappa shape index (κ1) is 11.6. The summed E-state index contributed by atoms with van der Waals surface area (Å²) < 4.78 is 0. The van der Waals surface area contributed by atoms with Crippen molar-refractivity contribution in [1.29, 1.82) is 0 Å². The molecule has 4 heteroatoms. The molecule has 0 amide bonds. The smallest absolute Gasteiger partial charge is 0.160 e. The summed E-state index contributed by atoms with van der Waals surface area (Å²) in [5.74, 6) is 0. The van der Waals surface area contributed by atoms with Crippen LogP contribution in [0.3, 0.4) is 0 Å². The average molecular weight is 238 g/mol. The molecule has 1 aliphatic rings. The van der Waals surface area contributed by atoms with Gasteiger partial charge in [-0.1, -0.05) is 0 Å². The summed E-state index contributed by atoms with van der Waals surface area (Å²) in [6.07, 6.45) is 3.35. The zero-order valence-corrected chi connectivity index (χ0v) is 10.7. The summed E-state index contributed by atoms with van der Waals surface area (Å²) in [5.41, 5.74) is 0. The quantitative estimate of drug-likeness (QED) is 0.753. The molecule has 0 atom stereocenters. The third-order valence-electron chi connectivity index (χ3n) is 3.24. The van der Waals surface area contributed by atoms with E-state index in [1.165, 1.54) is 17.8 Å². The highest BCUT2D eigenvalue weighted by molar-refractivity contribution is 7.17. The second kappa shape index (κ2) is 4.97. The summed E-state index contributed by atoms with van der Waals surface area (Å²) >= 11 is 1.59. The van der Waals surface area contributed by atoms with Crippen molar-refractivity contribution in [1.82, 2.24) is 4.90 Å². The Hall–Kier alpha value is -0.870. The summed E-state index contributed by atoms with van der Waals surface area (Å²) in [7, 11) is 4.30. The van der Waals surface area contributed by atoms with E-state index in [1.54, 1.807) is 11.3 Å². The van der Waals surface area contributed by atoms with Gasteiger partial charge in [-0.3, -0.25) is 4.79 Å². The lowest BCUT2D eigenvalue weighted by molar-refractivity contribution is 0.112. The van der Waals surface area contributed by atoms with Crippen LogP contribution in [-0.2, 0) is 0 Å². The Morgan fingerprint density at radius 2 is 2.06 bits per heavy atom. The Balaban J connectivity index is 1.96. The fourth-order valence-corrected chi connectivity index (χ4v) is 3.05. The SMILES string of the molecule is CN(C)C1CCN(c2ccc(C=O)s2)CC1. The van der Waals surface area contributed by atoms with Crippen LogP contribution < -0.4 is 4.90 Å². The van der Waals surface area contributed by atoms with Crippen molar-refractivity contribution in [2.75, 3.05) is 32.1 Å². The van der Waals surface area contributed by atoms with Crippen molar-refractivity contribution in [3.05, 3.63) is 17.0 Å². The van der Waals surface area contributed by atoms with Crippen molar-refractivity contribution in [3.8, 4) is 0 Å². The van der Waals surface area contributed by atoms with Crippen LogP contribution in [0.1, 0.15) is 22.5 Å². The van der Waals surface area contributed by atoms with Crippen LogP contribution in [0.4, 0.5) is 5.00 Å². The Kier molecular flexibility index (Phi) is 3.61. The molecule has 0 aliphatic carbocycles. The van der Waals surface area contributed by atoms with E-state index < -0.39 is 0 Å². The number of anilines is 1. The van der Waals surface area contributed by atoms with Crippen LogP contribution in [0, 0.1) is 0 Å². The number of hydrogen-bond acceptors (Lipinski definition) is 4. The van der Waals surface area contributed by atoms with E-state index in [0.29, 0.717) is 6.04 Å². The van der Waals surface area contributed by atoms with E-state index in [0.717, 1.165) is 24.3 Å². The zero-order valence-electron chi connectivity index (χ0n) is 9.85. The first-order valence-corrected chi connectivity index (χ1v) is 6.48. The molecule has 2 rings (SSSR count). The van der Waals surface area contributed by atoms with Crippen LogP contribution in [0.15, 0.2) is 12.1 Å². The van der Waals surface area contributed by atoms with Gasteiger partial charge in [0.05, 0.1) is 9.88 Å². The molecular formula is C12H18N2OS. The third-order valence-corrected chi connectivity index (χ3v) is 4.31. The second-order valence-electron chi connectivity index (χ2n) is 4.48. The van der Waals surface area contributed by atoms with E-state index in [-0.39, 0.29) is 0 Å². The first-order chi connectivity index (χ1) is 7.70. The summed E-state index contributed by atoms with van der Waals surface area (Å²) in [5, 5.41) is 1.24. The molecule has 1 aromatic rings. The maximum atomic E-state index is 10.6. The fraction of sp³-hybridized carbons (Fsp3) is 0.583. The van der Waals surface area contributed by atoms with E-state index in [9.17, 15) is 4.79 Å². The summed E-state index contributed by atoms with van der Waals surface area (Å²) in [6.45, 7) is 2.20. The lowest BCUT2D eigenvalue weighted by atomic mass is 10.0. The van der Waals surface area contributed by atoms with Gasteiger partial charge in [0.1, 0.15) is 0 Å². The normalized spacial score (nSPS) is 18.1. The predicted octanol–water partition coefficient (Wildman–Crippen LogP) is 2.09. The molecule has 0 saturated carbocycles. The van der Waals surface area contributed by atoms with Gasteiger partial charge in [-0.15, -0.1) is 11.3 Å². The number of carbonyl (C=O) groups is 1. The minimum absolute atomic E-state index is 0.710. The van der Waals surface area contributed by atoms with Crippen LogP contribution in [0.2, 0.25) is 0 Å². The topological polar surface area (TPSA) is 23.6 Å². The first-order valence-electron chi connectivity index (χ1n) is 5.67. The van der Waals surface area contributed by atoms with Crippen molar-refractivity contribution in [2.24, 2.45) is 0 Å². The lowest BCUT2D eigenvalue weighted by Gasteiger charge is -2.35. The Morgan fingerprint density at radius 3 is 2.56 bits per heavy atom. The molecule has 0 radical (unpaired) electrons. The Morgan fingerprint density at radius 1 is 1.38 bits per heavy atom. The second-order valence-corrected chi connectivity index (χ2v) is 5.57. The van der Waals surface area contributed by atoms with Gasteiger partial charge in [-0.2, -0.15) is 0 Å². The molecule has 1 saturated heterocycles. The molecule has 88 valence electrons. The molecular weight excluding hydrogens is 220 g/mol. The number of nitrogens with zero attached hydrogens (tertiary/aromatic N) is 2. The van der Waals surface area contributed by atoms with Crippen molar-refractivity contribution < 1.29 is 4.79 Å². The van der Waals surface area contributed by atoms with Gasteiger partial charge in [0.15, 0.2) is 6.29 Å². The molecule has 16 heavy (non-hydrogen) atoms. The van der Waals surface area contributed by atoms with Gasteiger partial charge in [-0.05, 0) is 39.1 Å². The number of hydrogen-bond donors (Lipinski definition) is 0. The Labute approximate surface area is 101 Å². The highest BCUT2D eigenvalue weighted by atomic mass is 32.1. The standard InChI is InChI=1S/C12H18N2OS/c1-13(2)10-5-7-14(8-6-10)12-4-3-11(9-15)16-12/h3-4,9-10H,5-8H2,1-2H3. The Bertz CT molecular complexity index is 354. The van der Waals surface area contributed by atoms with Gasteiger partial charge in [0, 0.05) is 19.1 Å². The lowest BCUT2D eigenvalue weighted by Crippen LogP contribution is -2.41. The fourth-order valence-electron chi connectivity index (χ4n) is 2.18. The van der Waals surface area contributed by atoms with Gasteiger partial charge >= 0.3 is 0 Å². The molecule has 0 aromatic carbocycles. The van der Waals surface area contributed by atoms with Crippen LogP contribution in [-0.4, -0.2) is 44.4 Å². The van der Waals surface area contributed by atoms with Gasteiger partial charge in [-0.25, -0.2) is 0 Å². The van der Waals surface area contributed by atoms with Crippen LogP contribution >= 0.6 is 11.3 Å². The maximum absolute atomic E-state index is 10.6. The van der Waals surface area contributed by atoms with Crippen molar-refractivity contribution in [3.63, 3.8) is 0 Å². The molecule has 1 aromatic heterocycles. The van der Waals surface area contributed by atoms with Crippen LogP contribution in [0.5, 0.6) is 0 Å². The monoisotopic (exact) mass is 238 g/mol. The predicted molar refractivity (Wildman–Crippen MR) is 68.6 cm³/mol. The van der Waals surface area contributed by atoms with Crippen molar-refractivity contribution >= 4 is 22.6 Å². The van der Waals surface area contributed by atoms with Gasteiger partial charge in [0.25, 0.3) is 0 Å². The molecule has 0 bridgehead atoms. The molecule has 0 N–H and O–H groups in total. The van der Waals surface area contributed by atoms with E-state index in [4.69, 9.17) is 0 Å². The number of rotatable bonds is 3. The number of piperidine rings is 1.